The van der Waals surface area contributed by atoms with E-state index in [0.717, 1.165) is 56.8 Å². The van der Waals surface area contributed by atoms with Gasteiger partial charge >= 0.3 is 5.97 Å². The number of carboxylic acids is 1. The van der Waals surface area contributed by atoms with Gasteiger partial charge in [-0.3, -0.25) is 14.4 Å². The van der Waals surface area contributed by atoms with Crippen molar-refractivity contribution < 1.29 is 19.2 Å². The Morgan fingerprint density at radius 2 is 1.71 bits per heavy atom. The van der Waals surface area contributed by atoms with Gasteiger partial charge in [-0.1, -0.05) is 48.7 Å². The van der Waals surface area contributed by atoms with Gasteiger partial charge in [0.1, 0.15) is 0 Å². The van der Waals surface area contributed by atoms with E-state index in [1.54, 1.807) is 0 Å². The number of ether oxygens (including phenoxy) is 1. The molecule has 3 aromatic rings. The minimum atomic E-state index is -0.672. The molecule has 1 N–H and O–H groups in total. The molecule has 2 aliphatic heterocycles. The van der Waals surface area contributed by atoms with Crippen LogP contribution in [0.4, 0.5) is 0 Å². The molecule has 4 heterocycles. The molecular weight excluding hydrogens is 482 g/mol. The second kappa shape index (κ2) is 11.4. The van der Waals surface area contributed by atoms with Crippen molar-refractivity contribution in [2.75, 3.05) is 26.3 Å². The lowest BCUT2D eigenvalue weighted by atomic mass is 9.91. The van der Waals surface area contributed by atoms with E-state index in [1.807, 2.05) is 18.3 Å². The van der Waals surface area contributed by atoms with Gasteiger partial charge in [0.25, 0.3) is 5.89 Å². The summed E-state index contributed by atoms with van der Waals surface area (Å²) in [5, 5.41) is 18.4. The zero-order valence-electron chi connectivity index (χ0n) is 21.9. The summed E-state index contributed by atoms with van der Waals surface area (Å²) in [5.41, 5.74) is 4.31. The lowest BCUT2D eigenvalue weighted by molar-refractivity contribution is -0.143. The molecule has 3 aliphatic rings. The molecule has 0 amide bonds. The summed E-state index contributed by atoms with van der Waals surface area (Å²) in [6.07, 6.45) is 11.5. The first-order valence-corrected chi connectivity index (χ1v) is 14.2. The van der Waals surface area contributed by atoms with Crippen LogP contribution in [0.3, 0.4) is 0 Å². The molecule has 0 unspecified atom stereocenters. The van der Waals surface area contributed by atoms with Crippen molar-refractivity contribution in [2.45, 2.75) is 76.3 Å². The average Bonchev–Trinajstić information content (AvgIpc) is 3.63. The van der Waals surface area contributed by atoms with Crippen molar-refractivity contribution in [3.63, 3.8) is 0 Å². The van der Waals surface area contributed by atoms with E-state index >= 15 is 0 Å². The van der Waals surface area contributed by atoms with E-state index in [9.17, 15) is 9.90 Å². The second-order valence-electron chi connectivity index (χ2n) is 11.1. The van der Waals surface area contributed by atoms with Crippen LogP contribution in [0.2, 0.25) is 0 Å². The molecule has 1 aromatic carbocycles. The van der Waals surface area contributed by atoms with E-state index in [1.165, 1.54) is 43.4 Å². The maximum absolute atomic E-state index is 11.2. The lowest BCUT2D eigenvalue weighted by Crippen LogP contribution is -2.35. The van der Waals surface area contributed by atoms with Gasteiger partial charge in [-0.15, -0.1) is 0 Å². The summed E-state index contributed by atoms with van der Waals surface area (Å²) in [4.78, 5) is 18.3. The predicted molar refractivity (Wildman–Crippen MR) is 142 cm³/mol. The van der Waals surface area contributed by atoms with E-state index in [0.29, 0.717) is 36.5 Å². The molecule has 0 bridgehead atoms. The van der Waals surface area contributed by atoms with Crippen LogP contribution in [0.15, 0.2) is 35.0 Å². The Morgan fingerprint density at radius 3 is 2.42 bits per heavy atom. The lowest BCUT2D eigenvalue weighted by Gasteiger charge is -2.30. The van der Waals surface area contributed by atoms with Gasteiger partial charge in [0, 0.05) is 31.2 Å². The third-order valence-electron chi connectivity index (χ3n) is 8.57. The first-order chi connectivity index (χ1) is 18.7. The first kappa shape index (κ1) is 25.2. The highest BCUT2D eigenvalue weighted by Gasteiger charge is 2.30. The van der Waals surface area contributed by atoms with Crippen molar-refractivity contribution in [1.82, 2.24) is 24.8 Å². The fourth-order valence-corrected chi connectivity index (χ4v) is 6.34. The number of aromatic nitrogens is 4. The molecule has 9 nitrogen and oxygen atoms in total. The van der Waals surface area contributed by atoms with Crippen LogP contribution < -0.4 is 0 Å². The van der Waals surface area contributed by atoms with Gasteiger partial charge in [0.15, 0.2) is 0 Å². The van der Waals surface area contributed by atoms with Gasteiger partial charge in [0.2, 0.25) is 5.82 Å². The Labute approximate surface area is 223 Å². The maximum atomic E-state index is 11.2. The Morgan fingerprint density at radius 1 is 0.974 bits per heavy atom. The first-order valence-electron chi connectivity index (χ1n) is 14.2. The summed E-state index contributed by atoms with van der Waals surface area (Å²) < 4.78 is 13.7. The van der Waals surface area contributed by atoms with E-state index in [2.05, 4.69) is 26.9 Å². The van der Waals surface area contributed by atoms with E-state index in [-0.39, 0.29) is 5.92 Å². The van der Waals surface area contributed by atoms with Gasteiger partial charge in [-0.2, -0.15) is 10.1 Å². The molecule has 2 saturated heterocycles. The van der Waals surface area contributed by atoms with Crippen molar-refractivity contribution in [3.8, 4) is 22.8 Å². The number of likely N-dealkylation sites (tertiary alicyclic amines) is 1. The number of carboxylic acid groups (broad SMARTS) is 1. The third kappa shape index (κ3) is 5.40. The van der Waals surface area contributed by atoms with Crippen LogP contribution in [0.5, 0.6) is 0 Å². The third-order valence-corrected chi connectivity index (χ3v) is 8.57. The highest BCUT2D eigenvalue weighted by Crippen LogP contribution is 2.39. The van der Waals surface area contributed by atoms with Crippen LogP contribution in [0.25, 0.3) is 22.8 Å². The molecule has 0 spiro atoms. The summed E-state index contributed by atoms with van der Waals surface area (Å²) in [5.74, 6) is 0.627. The Kier molecular flexibility index (Phi) is 7.56. The summed E-state index contributed by atoms with van der Waals surface area (Å²) >= 11 is 0. The van der Waals surface area contributed by atoms with E-state index < -0.39 is 5.97 Å². The second-order valence-corrected chi connectivity index (χ2v) is 11.1. The van der Waals surface area contributed by atoms with Crippen LogP contribution in [0, 0.1) is 5.92 Å². The number of aliphatic carboxylic acids is 1. The van der Waals surface area contributed by atoms with Crippen molar-refractivity contribution >= 4 is 5.97 Å². The summed E-state index contributed by atoms with van der Waals surface area (Å²) in [6, 6.07) is 8.73. The molecule has 1 aliphatic carbocycles. The fraction of sp³-hybridized carbons (Fsp3) is 0.586. The van der Waals surface area contributed by atoms with Crippen LogP contribution in [-0.4, -0.2) is 62.2 Å². The molecule has 38 heavy (non-hydrogen) atoms. The molecule has 0 radical (unpaired) electrons. The number of hydrogen-bond donors (Lipinski definition) is 1. The molecule has 9 heteroatoms. The number of piperidine rings is 1. The largest absolute Gasteiger partial charge is 0.481 e. The molecule has 6 rings (SSSR count). The average molecular weight is 520 g/mol. The number of benzene rings is 1. The highest BCUT2D eigenvalue weighted by atomic mass is 16.5. The minimum Gasteiger partial charge on any atom is -0.481 e. The monoisotopic (exact) mass is 519 g/mol. The standard InChI is InChI=1S/C29H37N5O4/c35-29(36)23-10-14-33(15-11-23)19-20-6-8-22(9-7-20)27-31-28(38-32-27)25-18-30-34(24-4-2-1-3-5-24)26(25)21-12-16-37-17-13-21/h6-9,18,21,23-24H,1-5,10-17,19H2,(H,35,36). The quantitative estimate of drug-likeness (QED) is 0.448. The predicted octanol–water partition coefficient (Wildman–Crippen LogP) is 5.30. The van der Waals surface area contributed by atoms with Gasteiger partial charge in [0.05, 0.1) is 29.4 Å². The molecule has 2 aromatic heterocycles. The van der Waals surface area contributed by atoms with Gasteiger partial charge in [-0.05, 0) is 57.2 Å². The summed E-state index contributed by atoms with van der Waals surface area (Å²) in [6.45, 7) is 4.00. The minimum absolute atomic E-state index is 0.206. The zero-order chi connectivity index (χ0) is 25.9. The van der Waals surface area contributed by atoms with Gasteiger partial charge in [-0.25, -0.2) is 0 Å². The zero-order valence-corrected chi connectivity index (χ0v) is 21.9. The maximum Gasteiger partial charge on any atom is 0.306 e. The number of nitrogens with zero attached hydrogens (tertiary/aromatic N) is 5. The Hall–Kier alpha value is -3.04. The Balaban J connectivity index is 1.18. The van der Waals surface area contributed by atoms with Gasteiger partial charge < -0.3 is 14.4 Å². The van der Waals surface area contributed by atoms with Crippen LogP contribution in [0.1, 0.15) is 81.0 Å². The van der Waals surface area contributed by atoms with Crippen molar-refractivity contribution in [3.05, 3.63) is 41.7 Å². The van der Waals surface area contributed by atoms with Crippen LogP contribution in [-0.2, 0) is 16.1 Å². The van der Waals surface area contributed by atoms with E-state index in [4.69, 9.17) is 19.3 Å². The molecule has 3 fully saturated rings. The van der Waals surface area contributed by atoms with Crippen molar-refractivity contribution in [2.24, 2.45) is 5.92 Å². The topological polar surface area (TPSA) is 107 Å². The van der Waals surface area contributed by atoms with Crippen molar-refractivity contribution in [1.29, 1.82) is 0 Å². The number of carbonyl (C=O) groups is 1. The molecule has 0 atom stereocenters. The Bertz CT molecular complexity index is 1220. The molecule has 1 saturated carbocycles. The fourth-order valence-electron chi connectivity index (χ4n) is 6.34. The normalized spacial score (nSPS) is 20.6. The summed E-state index contributed by atoms with van der Waals surface area (Å²) in [7, 11) is 0. The van der Waals surface area contributed by atoms with Crippen LogP contribution >= 0.6 is 0 Å². The SMILES string of the molecule is O=C(O)C1CCN(Cc2ccc(-c3noc(-c4cnn(C5CCCCC5)c4C4CCOCC4)n3)cc2)CC1. The highest BCUT2D eigenvalue weighted by molar-refractivity contribution is 5.70. The number of rotatable bonds is 7. The molecular formula is C29H37N5O4. The smallest absolute Gasteiger partial charge is 0.306 e. The number of hydrogen-bond acceptors (Lipinski definition) is 7. The molecule has 202 valence electrons.